The van der Waals surface area contributed by atoms with E-state index in [2.05, 4.69) is 35.6 Å². The van der Waals surface area contributed by atoms with Gasteiger partial charge in [0, 0.05) is 37.6 Å². The fraction of sp³-hybridized carbons (Fsp3) is 0.222. The number of hydrogen-bond donors (Lipinski definition) is 3. The first kappa shape index (κ1) is 17.6. The van der Waals surface area contributed by atoms with Crippen molar-refractivity contribution in [3.05, 3.63) is 41.5 Å². The van der Waals surface area contributed by atoms with Crippen LogP contribution in [0.25, 0.3) is 11.0 Å². The van der Waals surface area contributed by atoms with Gasteiger partial charge >= 0.3 is 0 Å². The molecule has 4 heterocycles. The third-order valence-corrected chi connectivity index (χ3v) is 4.33. The molecule has 4 rings (SSSR count). The Hall–Kier alpha value is -3.82. The monoisotopic (exact) mass is 378 g/mol. The lowest BCUT2D eigenvalue weighted by Crippen LogP contribution is -2.36. The SMILES string of the molecule is CN(C)C(=O)CNC(=O)c1cc2c(Nc3cc4c(cn3)CN=C4)ncnc2[nH]1. The molecule has 2 amide bonds. The predicted octanol–water partition coefficient (Wildman–Crippen LogP) is 0.847. The summed E-state index contributed by atoms with van der Waals surface area (Å²) in [5.74, 6) is 0.548. The summed E-state index contributed by atoms with van der Waals surface area (Å²) in [5.41, 5.74) is 2.89. The van der Waals surface area contributed by atoms with Crippen LogP contribution in [0.15, 0.2) is 29.6 Å². The number of likely N-dealkylation sites (N-methyl/N-ethyl adjacent to an activating group) is 1. The highest BCUT2D eigenvalue weighted by molar-refractivity contribution is 6.01. The summed E-state index contributed by atoms with van der Waals surface area (Å²) in [5, 5.41) is 6.38. The minimum Gasteiger partial charge on any atom is -0.347 e. The van der Waals surface area contributed by atoms with Crippen molar-refractivity contribution in [2.45, 2.75) is 6.54 Å². The molecule has 0 spiro atoms. The zero-order chi connectivity index (χ0) is 19.7. The van der Waals surface area contributed by atoms with E-state index in [-0.39, 0.29) is 12.5 Å². The summed E-state index contributed by atoms with van der Waals surface area (Å²) in [4.78, 5) is 45.3. The molecule has 0 bridgehead atoms. The molecule has 3 aromatic rings. The Labute approximate surface area is 160 Å². The molecule has 1 aliphatic heterocycles. The molecule has 0 aliphatic carbocycles. The largest absolute Gasteiger partial charge is 0.347 e. The summed E-state index contributed by atoms with van der Waals surface area (Å²) in [6, 6.07) is 3.54. The van der Waals surface area contributed by atoms with Gasteiger partial charge in [0.2, 0.25) is 5.91 Å². The van der Waals surface area contributed by atoms with Gasteiger partial charge in [-0.2, -0.15) is 0 Å². The van der Waals surface area contributed by atoms with Gasteiger partial charge in [0.15, 0.2) is 0 Å². The molecule has 0 aromatic carbocycles. The summed E-state index contributed by atoms with van der Waals surface area (Å²) < 4.78 is 0. The molecule has 0 fully saturated rings. The van der Waals surface area contributed by atoms with Crippen LogP contribution in [0.5, 0.6) is 0 Å². The number of anilines is 2. The number of carbonyl (C=O) groups is 2. The molecule has 0 saturated heterocycles. The quantitative estimate of drug-likeness (QED) is 0.604. The van der Waals surface area contributed by atoms with Crippen molar-refractivity contribution >= 4 is 40.7 Å². The van der Waals surface area contributed by atoms with Crippen LogP contribution in [0.4, 0.5) is 11.6 Å². The van der Waals surface area contributed by atoms with Crippen LogP contribution >= 0.6 is 0 Å². The van der Waals surface area contributed by atoms with E-state index in [9.17, 15) is 9.59 Å². The van der Waals surface area contributed by atoms with E-state index in [0.29, 0.717) is 34.9 Å². The molecule has 0 unspecified atom stereocenters. The van der Waals surface area contributed by atoms with Gasteiger partial charge in [-0.3, -0.25) is 14.6 Å². The Morgan fingerprint density at radius 3 is 2.89 bits per heavy atom. The van der Waals surface area contributed by atoms with Gasteiger partial charge < -0.3 is 20.5 Å². The van der Waals surface area contributed by atoms with E-state index in [1.54, 1.807) is 26.4 Å². The van der Waals surface area contributed by atoms with Crippen molar-refractivity contribution in [1.29, 1.82) is 0 Å². The standard InChI is InChI=1S/C18H18N8O2/c1-26(2)15(27)8-21-18(28)13-4-12-16(24-13)22-9-23-17(12)25-14-3-10-5-19-6-11(10)7-20-14/h3-5,7,9H,6,8H2,1-2H3,(H,21,28)(H2,20,22,23,24,25). The minimum absolute atomic E-state index is 0.0847. The van der Waals surface area contributed by atoms with E-state index >= 15 is 0 Å². The Bertz CT molecular complexity index is 1100. The normalized spacial score (nSPS) is 12.1. The number of nitrogens with zero attached hydrogens (tertiary/aromatic N) is 5. The van der Waals surface area contributed by atoms with Crippen LogP contribution < -0.4 is 10.6 Å². The first-order chi connectivity index (χ1) is 13.5. The zero-order valence-electron chi connectivity index (χ0n) is 15.4. The average molecular weight is 378 g/mol. The first-order valence-electron chi connectivity index (χ1n) is 8.59. The third-order valence-electron chi connectivity index (χ3n) is 4.33. The number of amides is 2. The first-order valence-corrected chi connectivity index (χ1v) is 8.59. The second-order valence-corrected chi connectivity index (χ2v) is 6.50. The Morgan fingerprint density at radius 1 is 1.21 bits per heavy atom. The number of nitrogens with one attached hydrogen (secondary N) is 3. The molecule has 10 heteroatoms. The van der Waals surface area contributed by atoms with Crippen molar-refractivity contribution < 1.29 is 9.59 Å². The van der Waals surface area contributed by atoms with Crippen LogP contribution in [0.2, 0.25) is 0 Å². The van der Waals surface area contributed by atoms with E-state index in [1.165, 1.54) is 11.2 Å². The maximum Gasteiger partial charge on any atom is 0.268 e. The highest BCUT2D eigenvalue weighted by Gasteiger charge is 2.15. The van der Waals surface area contributed by atoms with E-state index in [0.717, 1.165) is 11.1 Å². The number of hydrogen-bond acceptors (Lipinski definition) is 7. The zero-order valence-corrected chi connectivity index (χ0v) is 15.4. The van der Waals surface area contributed by atoms with Crippen molar-refractivity contribution in [2.24, 2.45) is 4.99 Å². The van der Waals surface area contributed by atoms with Crippen molar-refractivity contribution in [3.63, 3.8) is 0 Å². The summed E-state index contributed by atoms with van der Waals surface area (Å²) >= 11 is 0. The number of fused-ring (bicyclic) bond motifs is 2. The van der Waals surface area contributed by atoms with Gasteiger partial charge in [0.1, 0.15) is 29.3 Å². The van der Waals surface area contributed by atoms with Crippen LogP contribution in [0.3, 0.4) is 0 Å². The lowest BCUT2D eigenvalue weighted by atomic mass is 10.2. The third kappa shape index (κ3) is 3.39. The van der Waals surface area contributed by atoms with Gasteiger partial charge in [0.05, 0.1) is 18.5 Å². The summed E-state index contributed by atoms with van der Waals surface area (Å²) in [7, 11) is 3.26. The maximum atomic E-state index is 12.3. The van der Waals surface area contributed by atoms with E-state index in [1.807, 2.05) is 12.3 Å². The van der Waals surface area contributed by atoms with Crippen LogP contribution in [-0.2, 0) is 11.3 Å². The molecule has 0 saturated carbocycles. The number of carbonyl (C=O) groups excluding carboxylic acids is 2. The van der Waals surface area contributed by atoms with Gasteiger partial charge in [-0.1, -0.05) is 0 Å². The molecule has 3 N–H and O–H groups in total. The van der Waals surface area contributed by atoms with Crippen molar-refractivity contribution in [2.75, 3.05) is 26.0 Å². The number of aromatic amines is 1. The molecule has 142 valence electrons. The Kier molecular flexibility index (Phi) is 4.44. The highest BCUT2D eigenvalue weighted by atomic mass is 16.2. The summed E-state index contributed by atoms with van der Waals surface area (Å²) in [6.45, 7) is 0.561. The molecular weight excluding hydrogens is 360 g/mol. The fourth-order valence-electron chi connectivity index (χ4n) is 2.75. The lowest BCUT2D eigenvalue weighted by Gasteiger charge is -2.10. The van der Waals surface area contributed by atoms with E-state index in [4.69, 9.17) is 0 Å². The molecule has 3 aromatic heterocycles. The van der Waals surface area contributed by atoms with Gasteiger partial charge in [-0.15, -0.1) is 0 Å². The van der Waals surface area contributed by atoms with Gasteiger partial charge in [-0.05, 0) is 12.1 Å². The average Bonchev–Trinajstić information content (AvgIpc) is 3.32. The molecule has 28 heavy (non-hydrogen) atoms. The molecule has 10 nitrogen and oxygen atoms in total. The smallest absolute Gasteiger partial charge is 0.268 e. The van der Waals surface area contributed by atoms with Crippen LogP contribution in [0.1, 0.15) is 21.6 Å². The predicted molar refractivity (Wildman–Crippen MR) is 104 cm³/mol. The summed E-state index contributed by atoms with van der Waals surface area (Å²) in [6.07, 6.45) is 4.99. The topological polar surface area (TPSA) is 128 Å². The minimum atomic E-state index is -0.397. The Balaban J connectivity index is 1.56. The highest BCUT2D eigenvalue weighted by Crippen LogP contribution is 2.24. The lowest BCUT2D eigenvalue weighted by molar-refractivity contribution is -0.127. The van der Waals surface area contributed by atoms with Gasteiger partial charge in [-0.25, -0.2) is 15.0 Å². The number of aromatic nitrogens is 4. The van der Waals surface area contributed by atoms with Crippen LogP contribution in [-0.4, -0.2) is 63.5 Å². The second kappa shape index (κ2) is 7.06. The van der Waals surface area contributed by atoms with E-state index < -0.39 is 5.91 Å². The fourth-order valence-corrected chi connectivity index (χ4v) is 2.75. The Morgan fingerprint density at radius 2 is 2.07 bits per heavy atom. The van der Waals surface area contributed by atoms with Crippen LogP contribution in [0, 0.1) is 0 Å². The second-order valence-electron chi connectivity index (χ2n) is 6.50. The number of H-pyrrole nitrogens is 1. The molecular formula is C18H18N8O2. The maximum absolute atomic E-state index is 12.3. The molecule has 1 aliphatic rings. The number of aliphatic imine (C=N–C) groups is 1. The molecule has 0 radical (unpaired) electrons. The van der Waals surface area contributed by atoms with Crippen molar-refractivity contribution in [3.8, 4) is 0 Å². The van der Waals surface area contributed by atoms with Gasteiger partial charge in [0.25, 0.3) is 5.91 Å². The van der Waals surface area contributed by atoms with Crippen molar-refractivity contribution in [1.82, 2.24) is 30.2 Å². The number of pyridine rings is 1. The molecule has 0 atom stereocenters. The number of rotatable bonds is 5.